The second kappa shape index (κ2) is 4.45. The van der Waals surface area contributed by atoms with Crippen molar-refractivity contribution in [3.8, 4) is 0 Å². The molecule has 0 aliphatic carbocycles. The van der Waals surface area contributed by atoms with Gasteiger partial charge in [0.05, 0.1) is 6.04 Å². The third-order valence-electron chi connectivity index (χ3n) is 1.96. The molecule has 0 amide bonds. The maximum atomic E-state index is 10.5. The minimum absolute atomic E-state index is 0.0880. The molecule has 0 radical (unpaired) electrons. The van der Waals surface area contributed by atoms with Gasteiger partial charge in [-0.2, -0.15) is 0 Å². The summed E-state index contributed by atoms with van der Waals surface area (Å²) in [5.41, 5.74) is 0. The van der Waals surface area contributed by atoms with E-state index in [1.807, 2.05) is 19.0 Å². The number of hydrogen-bond acceptors (Lipinski definition) is 2. The van der Waals surface area contributed by atoms with Gasteiger partial charge in [-0.1, -0.05) is 20.3 Å². The molecule has 2 atom stereocenters. The molecule has 0 aliphatic rings. The number of rotatable bonds is 4. The smallest absolute Gasteiger partial charge is 0.137 e. The molecule has 0 N–H and O–H groups in total. The fourth-order valence-corrected chi connectivity index (χ4v) is 1.01. The number of carbonyl (C=O) groups is 1. The van der Waals surface area contributed by atoms with Crippen LogP contribution in [0.4, 0.5) is 0 Å². The second-order valence-corrected chi connectivity index (χ2v) is 2.98. The van der Waals surface area contributed by atoms with Crippen molar-refractivity contribution in [1.82, 2.24) is 4.90 Å². The third kappa shape index (κ3) is 2.48. The number of aldehydes is 1. The Hall–Kier alpha value is -0.370. The van der Waals surface area contributed by atoms with Crippen LogP contribution in [0.15, 0.2) is 0 Å². The van der Waals surface area contributed by atoms with Gasteiger partial charge in [0.2, 0.25) is 0 Å². The van der Waals surface area contributed by atoms with E-state index >= 15 is 0 Å². The van der Waals surface area contributed by atoms with Crippen molar-refractivity contribution >= 4 is 6.29 Å². The normalized spacial score (nSPS) is 16.9. The first-order valence-corrected chi connectivity index (χ1v) is 3.75. The maximum Gasteiger partial charge on any atom is 0.137 e. The molecular formula is C8H17NO. The molecule has 0 aromatic carbocycles. The third-order valence-corrected chi connectivity index (χ3v) is 1.96. The zero-order valence-electron chi connectivity index (χ0n) is 7.29. The topological polar surface area (TPSA) is 20.3 Å². The van der Waals surface area contributed by atoms with Gasteiger partial charge in [-0.15, -0.1) is 0 Å². The van der Waals surface area contributed by atoms with E-state index in [-0.39, 0.29) is 6.04 Å². The van der Waals surface area contributed by atoms with E-state index in [9.17, 15) is 4.79 Å². The predicted octanol–water partition coefficient (Wildman–Crippen LogP) is 1.16. The van der Waals surface area contributed by atoms with Gasteiger partial charge in [-0.05, 0) is 20.0 Å². The van der Waals surface area contributed by atoms with Crippen LogP contribution in [0.3, 0.4) is 0 Å². The van der Waals surface area contributed by atoms with Crippen molar-refractivity contribution in [1.29, 1.82) is 0 Å². The lowest BCUT2D eigenvalue weighted by atomic mass is 10.0. The minimum atomic E-state index is 0.0880. The standard InChI is InChI=1S/C8H17NO/c1-5-7(2)8(6-10)9(3)4/h6-8H,5H2,1-4H3/i6+1,10+2. The Morgan fingerprint density at radius 2 is 2.00 bits per heavy atom. The lowest BCUT2D eigenvalue weighted by molar-refractivity contribution is -0.113. The van der Waals surface area contributed by atoms with Crippen LogP contribution in [-0.2, 0) is 4.79 Å². The van der Waals surface area contributed by atoms with Gasteiger partial charge < -0.3 is 4.79 Å². The average Bonchev–Trinajstić information content (AvgIpc) is 1.88. The first kappa shape index (κ1) is 9.63. The van der Waals surface area contributed by atoms with Crippen LogP contribution < -0.4 is 0 Å². The molecule has 0 spiro atoms. The highest BCUT2D eigenvalue weighted by molar-refractivity contribution is 5.57. The fourth-order valence-electron chi connectivity index (χ4n) is 1.01. The first-order chi connectivity index (χ1) is 4.63. The van der Waals surface area contributed by atoms with Crippen molar-refractivity contribution < 1.29 is 4.79 Å². The zero-order chi connectivity index (χ0) is 8.15. The van der Waals surface area contributed by atoms with Gasteiger partial charge in [-0.3, -0.25) is 4.90 Å². The Morgan fingerprint density at radius 1 is 1.50 bits per heavy atom. The van der Waals surface area contributed by atoms with Crippen LogP contribution in [0.1, 0.15) is 20.3 Å². The van der Waals surface area contributed by atoms with Crippen molar-refractivity contribution in [2.75, 3.05) is 14.1 Å². The van der Waals surface area contributed by atoms with E-state index in [0.29, 0.717) is 5.92 Å². The molecule has 0 fully saturated rings. The molecule has 0 bridgehead atoms. The molecular weight excluding hydrogens is 129 g/mol. The highest BCUT2D eigenvalue weighted by Gasteiger charge is 2.15. The summed E-state index contributed by atoms with van der Waals surface area (Å²) in [7, 11) is 3.87. The van der Waals surface area contributed by atoms with Crippen molar-refractivity contribution in [3.05, 3.63) is 0 Å². The molecule has 2 heteroatoms. The predicted molar refractivity (Wildman–Crippen MR) is 43.0 cm³/mol. The summed E-state index contributed by atoms with van der Waals surface area (Å²) in [5.74, 6) is 0.465. The van der Waals surface area contributed by atoms with E-state index in [1.54, 1.807) is 0 Å². The Kier molecular flexibility index (Phi) is 4.28. The summed E-state index contributed by atoms with van der Waals surface area (Å²) < 4.78 is 0. The van der Waals surface area contributed by atoms with Crippen molar-refractivity contribution in [2.45, 2.75) is 26.3 Å². The molecule has 0 heterocycles. The number of hydrogen-bond donors (Lipinski definition) is 0. The average molecular weight is 146 g/mol. The van der Waals surface area contributed by atoms with Crippen LogP contribution in [0.25, 0.3) is 0 Å². The zero-order valence-corrected chi connectivity index (χ0v) is 7.29. The number of likely N-dealkylation sites (N-methyl/N-ethyl adjacent to an activating group) is 1. The van der Waals surface area contributed by atoms with Crippen LogP contribution in [-0.4, -0.2) is 31.3 Å². The van der Waals surface area contributed by atoms with Gasteiger partial charge in [0.15, 0.2) is 0 Å². The molecule has 0 aromatic rings. The molecule has 10 heavy (non-hydrogen) atoms. The quantitative estimate of drug-likeness (QED) is 0.337. The minimum Gasteiger partial charge on any atom is -0.302 e. The molecule has 60 valence electrons. The summed E-state index contributed by atoms with van der Waals surface area (Å²) in [4.78, 5) is 12.5. The summed E-state index contributed by atoms with van der Waals surface area (Å²) in [5, 5.41) is 0. The summed E-state index contributed by atoms with van der Waals surface area (Å²) in [6.45, 7) is 4.20. The summed E-state index contributed by atoms with van der Waals surface area (Å²) >= 11 is 0. The van der Waals surface area contributed by atoms with Gasteiger partial charge in [0.25, 0.3) is 0 Å². The molecule has 0 aliphatic heterocycles. The molecule has 2 nitrogen and oxygen atoms in total. The summed E-state index contributed by atoms with van der Waals surface area (Å²) in [6.07, 6.45) is 2.08. The molecule has 0 rings (SSSR count). The SMILES string of the molecule is CCC(C)C([13CH]=[18O])N(C)C. The van der Waals surface area contributed by atoms with Crippen LogP contribution >= 0.6 is 0 Å². The van der Waals surface area contributed by atoms with Gasteiger partial charge in [0, 0.05) is 0 Å². The van der Waals surface area contributed by atoms with E-state index in [4.69, 9.17) is 0 Å². The van der Waals surface area contributed by atoms with E-state index < -0.39 is 0 Å². The lowest BCUT2D eigenvalue weighted by Gasteiger charge is -2.23. The second-order valence-electron chi connectivity index (χ2n) is 2.98. The molecule has 0 saturated carbocycles. The highest BCUT2D eigenvalue weighted by atomic mass is 18.1. The Morgan fingerprint density at radius 3 is 2.10 bits per heavy atom. The van der Waals surface area contributed by atoms with Crippen LogP contribution in [0.2, 0.25) is 0 Å². The fraction of sp³-hybridized carbons (Fsp3) is 0.875. The number of carbonyl (C=O) groups excluding carboxylic acids is 1. The van der Waals surface area contributed by atoms with Crippen LogP contribution in [0.5, 0.6) is 0 Å². The lowest BCUT2D eigenvalue weighted by Crippen LogP contribution is -2.34. The largest absolute Gasteiger partial charge is 0.302 e. The number of nitrogens with zero attached hydrogens (tertiary/aromatic N) is 1. The van der Waals surface area contributed by atoms with Crippen LogP contribution in [0, 0.1) is 5.92 Å². The first-order valence-electron chi connectivity index (χ1n) is 3.75. The van der Waals surface area contributed by atoms with E-state index in [1.165, 1.54) is 0 Å². The Bertz CT molecular complexity index is 101. The highest BCUT2D eigenvalue weighted by Crippen LogP contribution is 2.09. The monoisotopic (exact) mass is 146 g/mol. The van der Waals surface area contributed by atoms with Crippen molar-refractivity contribution in [3.63, 3.8) is 0 Å². The van der Waals surface area contributed by atoms with Crippen molar-refractivity contribution in [2.24, 2.45) is 5.92 Å². The molecule has 2 unspecified atom stereocenters. The van der Waals surface area contributed by atoms with E-state index in [2.05, 4.69) is 13.8 Å². The molecule has 0 aromatic heterocycles. The molecule has 0 saturated heterocycles. The van der Waals surface area contributed by atoms with Gasteiger partial charge in [-0.25, -0.2) is 0 Å². The van der Waals surface area contributed by atoms with Gasteiger partial charge >= 0.3 is 0 Å². The maximum absolute atomic E-state index is 10.5. The van der Waals surface area contributed by atoms with Gasteiger partial charge in [0.1, 0.15) is 6.29 Å². The summed E-state index contributed by atoms with van der Waals surface area (Å²) in [6, 6.07) is 0.0880. The Balaban J connectivity index is 3.92. The Labute approximate surface area is 63.2 Å². The van der Waals surface area contributed by atoms with E-state index in [0.717, 1.165) is 12.7 Å².